The van der Waals surface area contributed by atoms with Crippen LogP contribution in [-0.4, -0.2) is 24.3 Å². The zero-order valence-corrected chi connectivity index (χ0v) is 12.6. The summed E-state index contributed by atoms with van der Waals surface area (Å²) in [6.07, 6.45) is 8.31. The smallest absolute Gasteiger partial charge is 0.250 e. The fourth-order valence-electron chi connectivity index (χ4n) is 2.93. The van der Waals surface area contributed by atoms with Crippen LogP contribution in [0.4, 0.5) is 5.69 Å². The highest BCUT2D eigenvalue weighted by atomic mass is 16.5. The molecule has 0 amide bonds. The molecule has 1 aromatic rings. The van der Waals surface area contributed by atoms with Crippen LogP contribution >= 0.6 is 0 Å². The number of pyridine rings is 1. The second kappa shape index (κ2) is 7.48. The topological polar surface area (TPSA) is 43.3 Å². The quantitative estimate of drug-likeness (QED) is 0.870. The van der Waals surface area contributed by atoms with Gasteiger partial charge in [0.1, 0.15) is 0 Å². The number of ether oxygens (including phenoxy) is 1. The van der Waals surface area contributed by atoms with Crippen molar-refractivity contribution in [2.75, 3.05) is 19.0 Å². The minimum Gasteiger partial charge on any atom is -0.383 e. The van der Waals surface area contributed by atoms with E-state index in [9.17, 15) is 4.79 Å². The molecule has 0 unspecified atom stereocenters. The summed E-state index contributed by atoms with van der Waals surface area (Å²) in [7, 11) is 1.65. The van der Waals surface area contributed by atoms with Crippen molar-refractivity contribution in [1.29, 1.82) is 0 Å². The minimum atomic E-state index is 0.0299. The van der Waals surface area contributed by atoms with Gasteiger partial charge in [0.25, 0.3) is 5.56 Å². The Balaban J connectivity index is 1.94. The molecule has 1 saturated carbocycles. The second-order valence-electron chi connectivity index (χ2n) is 5.71. The normalized spacial score (nSPS) is 22.7. The molecule has 0 atom stereocenters. The van der Waals surface area contributed by atoms with Crippen LogP contribution < -0.4 is 10.9 Å². The number of hydrogen-bond donors (Lipinski definition) is 1. The van der Waals surface area contributed by atoms with E-state index >= 15 is 0 Å². The van der Waals surface area contributed by atoms with Crippen LogP contribution in [0.15, 0.2) is 23.1 Å². The van der Waals surface area contributed by atoms with Crippen LogP contribution in [0.3, 0.4) is 0 Å². The van der Waals surface area contributed by atoms with Gasteiger partial charge >= 0.3 is 0 Å². The van der Waals surface area contributed by atoms with E-state index < -0.39 is 0 Å². The van der Waals surface area contributed by atoms with Crippen molar-refractivity contribution in [2.24, 2.45) is 5.92 Å². The van der Waals surface area contributed by atoms with Crippen LogP contribution in [0.5, 0.6) is 0 Å². The van der Waals surface area contributed by atoms with E-state index in [0.29, 0.717) is 19.2 Å². The number of hydrogen-bond acceptors (Lipinski definition) is 3. The Morgan fingerprint density at radius 2 is 2.05 bits per heavy atom. The average molecular weight is 278 g/mol. The van der Waals surface area contributed by atoms with E-state index in [2.05, 4.69) is 12.2 Å². The Morgan fingerprint density at radius 3 is 2.70 bits per heavy atom. The Labute approximate surface area is 121 Å². The maximum atomic E-state index is 11.7. The maximum absolute atomic E-state index is 11.7. The van der Waals surface area contributed by atoms with Crippen LogP contribution in [0, 0.1) is 5.92 Å². The fraction of sp³-hybridized carbons (Fsp3) is 0.688. The Morgan fingerprint density at radius 1 is 1.30 bits per heavy atom. The molecule has 112 valence electrons. The first-order valence-electron chi connectivity index (χ1n) is 7.69. The first-order chi connectivity index (χ1) is 9.72. The molecule has 1 aliphatic carbocycles. The zero-order chi connectivity index (χ0) is 14.4. The third-order valence-electron chi connectivity index (χ3n) is 4.31. The molecule has 0 saturated heterocycles. The van der Waals surface area contributed by atoms with Gasteiger partial charge in [0.2, 0.25) is 0 Å². The molecule has 1 aromatic heterocycles. The number of aromatic nitrogens is 1. The molecule has 0 bridgehead atoms. The van der Waals surface area contributed by atoms with Gasteiger partial charge in [-0.05, 0) is 37.7 Å². The predicted molar refractivity (Wildman–Crippen MR) is 82.2 cm³/mol. The lowest BCUT2D eigenvalue weighted by molar-refractivity contribution is 0.186. The molecule has 0 aliphatic heterocycles. The first-order valence-corrected chi connectivity index (χ1v) is 7.69. The van der Waals surface area contributed by atoms with Gasteiger partial charge in [-0.1, -0.05) is 13.3 Å². The Hall–Kier alpha value is -1.29. The Kier molecular flexibility index (Phi) is 5.65. The van der Waals surface area contributed by atoms with Crippen molar-refractivity contribution in [3.8, 4) is 0 Å². The molecule has 2 rings (SSSR count). The SMILES string of the molecule is CCC1CCC(Nc2ccc(=O)n(CCOC)c2)CC1. The third kappa shape index (κ3) is 4.10. The van der Waals surface area contributed by atoms with Crippen LogP contribution in [0.2, 0.25) is 0 Å². The lowest BCUT2D eigenvalue weighted by atomic mass is 9.84. The molecule has 0 radical (unpaired) electrons. The number of rotatable bonds is 6. The summed E-state index contributed by atoms with van der Waals surface area (Å²) in [5.74, 6) is 0.906. The van der Waals surface area contributed by atoms with Crippen LogP contribution in [-0.2, 0) is 11.3 Å². The summed E-state index contributed by atoms with van der Waals surface area (Å²) in [5.41, 5.74) is 1.07. The summed E-state index contributed by atoms with van der Waals surface area (Å²) < 4.78 is 6.75. The van der Waals surface area contributed by atoms with Gasteiger partial charge < -0.3 is 14.6 Å². The lowest BCUT2D eigenvalue weighted by Crippen LogP contribution is -2.27. The zero-order valence-electron chi connectivity index (χ0n) is 12.6. The molecule has 20 heavy (non-hydrogen) atoms. The van der Waals surface area contributed by atoms with Crippen molar-refractivity contribution >= 4 is 5.69 Å². The van der Waals surface area contributed by atoms with Gasteiger partial charge in [0, 0.05) is 32.0 Å². The van der Waals surface area contributed by atoms with Crippen molar-refractivity contribution < 1.29 is 4.74 Å². The van der Waals surface area contributed by atoms with E-state index in [-0.39, 0.29) is 5.56 Å². The maximum Gasteiger partial charge on any atom is 0.250 e. The second-order valence-corrected chi connectivity index (χ2v) is 5.71. The van der Waals surface area contributed by atoms with Crippen molar-refractivity contribution in [1.82, 2.24) is 4.57 Å². The van der Waals surface area contributed by atoms with Gasteiger partial charge in [-0.3, -0.25) is 4.79 Å². The van der Waals surface area contributed by atoms with E-state index in [1.165, 1.54) is 32.1 Å². The summed E-state index contributed by atoms with van der Waals surface area (Å²) in [5, 5.41) is 3.57. The highest BCUT2D eigenvalue weighted by Gasteiger charge is 2.19. The van der Waals surface area contributed by atoms with Crippen molar-refractivity contribution in [3.63, 3.8) is 0 Å². The molecule has 1 N–H and O–H groups in total. The molecule has 1 heterocycles. The van der Waals surface area contributed by atoms with Crippen LogP contribution in [0.1, 0.15) is 39.0 Å². The average Bonchev–Trinajstić information content (AvgIpc) is 2.48. The first kappa shape index (κ1) is 15.1. The Bertz CT molecular complexity index is 462. The van der Waals surface area contributed by atoms with Gasteiger partial charge in [0.15, 0.2) is 0 Å². The molecule has 4 nitrogen and oxygen atoms in total. The highest BCUT2D eigenvalue weighted by molar-refractivity contribution is 5.41. The minimum absolute atomic E-state index is 0.0299. The number of methoxy groups -OCH3 is 1. The molecule has 0 spiro atoms. The highest BCUT2D eigenvalue weighted by Crippen LogP contribution is 2.28. The predicted octanol–water partition coefficient (Wildman–Crippen LogP) is 2.88. The van der Waals surface area contributed by atoms with E-state index in [1.807, 2.05) is 12.3 Å². The molecule has 4 heteroatoms. The van der Waals surface area contributed by atoms with Crippen molar-refractivity contribution in [3.05, 3.63) is 28.7 Å². The number of nitrogens with zero attached hydrogens (tertiary/aromatic N) is 1. The van der Waals surface area contributed by atoms with Crippen molar-refractivity contribution in [2.45, 2.75) is 51.6 Å². The number of nitrogens with one attached hydrogen (secondary N) is 1. The number of anilines is 1. The standard InChI is InChI=1S/C16H26N2O2/c1-3-13-4-6-14(7-5-13)17-15-8-9-16(19)18(12-15)10-11-20-2/h8-9,12-14,17H,3-7,10-11H2,1-2H3. The van der Waals surface area contributed by atoms with Crippen LogP contribution in [0.25, 0.3) is 0 Å². The van der Waals surface area contributed by atoms with E-state index in [1.54, 1.807) is 17.7 Å². The van der Waals surface area contributed by atoms with Gasteiger partial charge in [-0.25, -0.2) is 0 Å². The molecular formula is C16H26N2O2. The largest absolute Gasteiger partial charge is 0.383 e. The fourth-order valence-corrected chi connectivity index (χ4v) is 2.93. The van der Waals surface area contributed by atoms with Gasteiger partial charge in [0.05, 0.1) is 12.3 Å². The van der Waals surface area contributed by atoms with Gasteiger partial charge in [-0.15, -0.1) is 0 Å². The molecule has 1 aliphatic rings. The summed E-state index contributed by atoms with van der Waals surface area (Å²) >= 11 is 0. The summed E-state index contributed by atoms with van der Waals surface area (Å²) in [6, 6.07) is 4.07. The summed E-state index contributed by atoms with van der Waals surface area (Å²) in [4.78, 5) is 11.7. The summed E-state index contributed by atoms with van der Waals surface area (Å²) in [6.45, 7) is 3.45. The monoisotopic (exact) mass is 278 g/mol. The van der Waals surface area contributed by atoms with E-state index in [0.717, 1.165) is 11.6 Å². The van der Waals surface area contributed by atoms with Gasteiger partial charge in [-0.2, -0.15) is 0 Å². The molecule has 1 fully saturated rings. The van der Waals surface area contributed by atoms with E-state index in [4.69, 9.17) is 4.74 Å². The third-order valence-corrected chi connectivity index (χ3v) is 4.31. The lowest BCUT2D eigenvalue weighted by Gasteiger charge is -2.29. The molecular weight excluding hydrogens is 252 g/mol. The molecule has 0 aromatic carbocycles.